The Hall–Kier alpha value is -0.600. The van der Waals surface area contributed by atoms with E-state index in [0.29, 0.717) is 5.41 Å². The molecule has 1 aromatic heterocycles. The Kier molecular flexibility index (Phi) is 4.81. The van der Waals surface area contributed by atoms with E-state index in [1.54, 1.807) is 0 Å². The Morgan fingerprint density at radius 3 is 2.53 bits per heavy atom. The van der Waals surface area contributed by atoms with Crippen LogP contribution in [0.3, 0.4) is 0 Å². The summed E-state index contributed by atoms with van der Waals surface area (Å²) < 4.78 is 0. The SMILES string of the molecule is ClCC1(CNCc2ccncc2)CCCCC1. The van der Waals surface area contributed by atoms with Gasteiger partial charge in [0, 0.05) is 31.4 Å². The summed E-state index contributed by atoms with van der Waals surface area (Å²) in [5.74, 6) is 0.788. The van der Waals surface area contributed by atoms with Gasteiger partial charge in [-0.3, -0.25) is 4.98 Å². The van der Waals surface area contributed by atoms with Crippen molar-refractivity contribution in [2.45, 2.75) is 38.6 Å². The third-order valence-electron chi connectivity index (χ3n) is 3.78. The molecule has 1 aliphatic carbocycles. The molecule has 2 nitrogen and oxygen atoms in total. The van der Waals surface area contributed by atoms with Crippen LogP contribution in [-0.4, -0.2) is 17.4 Å². The number of nitrogens with one attached hydrogen (secondary N) is 1. The molecule has 1 fully saturated rings. The summed E-state index contributed by atoms with van der Waals surface area (Å²) in [5.41, 5.74) is 1.63. The molecule has 0 unspecified atom stereocenters. The molecule has 2 rings (SSSR count). The highest BCUT2D eigenvalue weighted by molar-refractivity contribution is 6.18. The second-order valence-corrected chi connectivity index (χ2v) is 5.42. The van der Waals surface area contributed by atoms with E-state index in [4.69, 9.17) is 11.6 Å². The summed E-state index contributed by atoms with van der Waals surface area (Å²) in [6.07, 6.45) is 10.3. The van der Waals surface area contributed by atoms with Gasteiger partial charge in [0.1, 0.15) is 0 Å². The summed E-state index contributed by atoms with van der Waals surface area (Å²) in [6.45, 7) is 1.96. The van der Waals surface area contributed by atoms with Crippen molar-refractivity contribution >= 4 is 11.6 Å². The van der Waals surface area contributed by atoms with E-state index in [1.165, 1.54) is 37.7 Å². The highest BCUT2D eigenvalue weighted by Crippen LogP contribution is 2.36. The third-order valence-corrected chi connectivity index (χ3v) is 4.34. The Balaban J connectivity index is 1.80. The van der Waals surface area contributed by atoms with E-state index in [9.17, 15) is 0 Å². The van der Waals surface area contributed by atoms with Crippen LogP contribution in [0.15, 0.2) is 24.5 Å². The molecule has 0 radical (unpaired) electrons. The van der Waals surface area contributed by atoms with Crippen LogP contribution in [0.4, 0.5) is 0 Å². The maximum atomic E-state index is 6.17. The molecule has 17 heavy (non-hydrogen) atoms. The molecule has 1 saturated carbocycles. The van der Waals surface area contributed by atoms with Crippen molar-refractivity contribution < 1.29 is 0 Å². The van der Waals surface area contributed by atoms with Crippen molar-refractivity contribution in [3.63, 3.8) is 0 Å². The number of hydrogen-bond donors (Lipinski definition) is 1. The lowest BCUT2D eigenvalue weighted by atomic mass is 9.75. The lowest BCUT2D eigenvalue weighted by molar-refractivity contribution is 0.212. The molecular formula is C14H21ClN2. The van der Waals surface area contributed by atoms with Gasteiger partial charge in [0.15, 0.2) is 0 Å². The van der Waals surface area contributed by atoms with Crippen LogP contribution in [0.2, 0.25) is 0 Å². The van der Waals surface area contributed by atoms with Gasteiger partial charge >= 0.3 is 0 Å². The van der Waals surface area contributed by atoms with Crippen LogP contribution in [0, 0.1) is 5.41 Å². The largest absolute Gasteiger partial charge is 0.312 e. The molecule has 0 aromatic carbocycles. The fraction of sp³-hybridized carbons (Fsp3) is 0.643. The van der Waals surface area contributed by atoms with Gasteiger partial charge in [-0.2, -0.15) is 0 Å². The lowest BCUT2D eigenvalue weighted by Gasteiger charge is -2.35. The highest BCUT2D eigenvalue weighted by atomic mass is 35.5. The zero-order valence-electron chi connectivity index (χ0n) is 10.3. The van der Waals surface area contributed by atoms with Crippen LogP contribution in [0.25, 0.3) is 0 Å². The number of alkyl halides is 1. The van der Waals surface area contributed by atoms with Crippen LogP contribution in [0.5, 0.6) is 0 Å². The Morgan fingerprint density at radius 1 is 1.18 bits per heavy atom. The molecule has 1 aliphatic rings. The summed E-state index contributed by atoms with van der Waals surface area (Å²) in [7, 11) is 0. The molecule has 0 saturated heterocycles. The number of hydrogen-bond acceptors (Lipinski definition) is 2. The molecule has 0 atom stereocenters. The first-order valence-corrected chi connectivity index (χ1v) is 7.04. The zero-order chi connectivity index (χ0) is 12.0. The Bertz CT molecular complexity index is 320. The van der Waals surface area contributed by atoms with E-state index in [-0.39, 0.29) is 0 Å². The lowest BCUT2D eigenvalue weighted by Crippen LogP contribution is -2.37. The van der Waals surface area contributed by atoms with Crippen molar-refractivity contribution in [2.24, 2.45) is 5.41 Å². The number of nitrogens with zero attached hydrogens (tertiary/aromatic N) is 1. The van der Waals surface area contributed by atoms with Gasteiger partial charge in [-0.05, 0) is 36.0 Å². The fourth-order valence-electron chi connectivity index (χ4n) is 2.63. The molecule has 3 heteroatoms. The molecule has 0 amide bonds. The predicted molar refractivity (Wildman–Crippen MR) is 72.2 cm³/mol. The minimum Gasteiger partial charge on any atom is -0.312 e. The molecule has 0 bridgehead atoms. The summed E-state index contributed by atoms with van der Waals surface area (Å²) in [6, 6.07) is 4.11. The minimum absolute atomic E-state index is 0.340. The van der Waals surface area contributed by atoms with Gasteiger partial charge in [-0.25, -0.2) is 0 Å². The number of pyridine rings is 1. The minimum atomic E-state index is 0.340. The van der Waals surface area contributed by atoms with Gasteiger partial charge in [-0.15, -0.1) is 11.6 Å². The maximum Gasteiger partial charge on any atom is 0.0292 e. The fourth-order valence-corrected chi connectivity index (χ4v) is 2.99. The summed E-state index contributed by atoms with van der Waals surface area (Å²) in [5, 5.41) is 3.55. The van der Waals surface area contributed by atoms with Crippen molar-refractivity contribution in [2.75, 3.05) is 12.4 Å². The molecule has 0 spiro atoms. The topological polar surface area (TPSA) is 24.9 Å². The Morgan fingerprint density at radius 2 is 1.88 bits per heavy atom. The van der Waals surface area contributed by atoms with Gasteiger partial charge in [0.25, 0.3) is 0 Å². The molecule has 0 aliphatic heterocycles. The second kappa shape index (κ2) is 6.36. The van der Waals surface area contributed by atoms with E-state index < -0.39 is 0 Å². The molecular weight excluding hydrogens is 232 g/mol. The zero-order valence-corrected chi connectivity index (χ0v) is 11.0. The first-order valence-electron chi connectivity index (χ1n) is 6.50. The number of rotatable bonds is 5. The standard InChI is InChI=1S/C14H21ClN2/c15-11-14(6-2-1-3-7-14)12-17-10-13-4-8-16-9-5-13/h4-5,8-9,17H,1-3,6-7,10-12H2. The quantitative estimate of drug-likeness (QED) is 0.813. The first kappa shape index (κ1) is 12.8. The second-order valence-electron chi connectivity index (χ2n) is 5.15. The van der Waals surface area contributed by atoms with E-state index in [0.717, 1.165) is 19.0 Å². The smallest absolute Gasteiger partial charge is 0.0292 e. The van der Waals surface area contributed by atoms with Crippen LogP contribution < -0.4 is 5.32 Å². The van der Waals surface area contributed by atoms with Crippen LogP contribution in [0.1, 0.15) is 37.7 Å². The van der Waals surface area contributed by atoms with Gasteiger partial charge < -0.3 is 5.32 Å². The van der Waals surface area contributed by atoms with E-state index >= 15 is 0 Å². The van der Waals surface area contributed by atoms with Crippen molar-refractivity contribution in [3.05, 3.63) is 30.1 Å². The average molecular weight is 253 g/mol. The summed E-state index contributed by atoms with van der Waals surface area (Å²) >= 11 is 6.17. The maximum absolute atomic E-state index is 6.17. The monoisotopic (exact) mass is 252 g/mol. The predicted octanol–water partition coefficient (Wildman–Crippen LogP) is 3.36. The Labute approximate surface area is 109 Å². The molecule has 94 valence electrons. The molecule has 1 aromatic rings. The number of aromatic nitrogens is 1. The van der Waals surface area contributed by atoms with Crippen LogP contribution >= 0.6 is 11.6 Å². The molecule has 1 heterocycles. The first-order chi connectivity index (χ1) is 8.35. The van der Waals surface area contributed by atoms with E-state index in [1.807, 2.05) is 12.4 Å². The highest BCUT2D eigenvalue weighted by Gasteiger charge is 2.30. The number of halogens is 1. The van der Waals surface area contributed by atoms with Gasteiger partial charge in [0.05, 0.1) is 0 Å². The normalized spacial score (nSPS) is 19.1. The van der Waals surface area contributed by atoms with Crippen molar-refractivity contribution in [1.82, 2.24) is 10.3 Å². The third kappa shape index (κ3) is 3.68. The van der Waals surface area contributed by atoms with Crippen molar-refractivity contribution in [3.8, 4) is 0 Å². The van der Waals surface area contributed by atoms with Crippen molar-refractivity contribution in [1.29, 1.82) is 0 Å². The summed E-state index contributed by atoms with van der Waals surface area (Å²) in [4.78, 5) is 4.02. The molecule has 1 N–H and O–H groups in total. The van der Waals surface area contributed by atoms with Gasteiger partial charge in [-0.1, -0.05) is 19.3 Å². The average Bonchev–Trinajstić information content (AvgIpc) is 2.41. The van der Waals surface area contributed by atoms with Crippen LogP contribution in [-0.2, 0) is 6.54 Å². The van der Waals surface area contributed by atoms with Gasteiger partial charge in [0.2, 0.25) is 0 Å². The van der Waals surface area contributed by atoms with E-state index in [2.05, 4.69) is 22.4 Å².